The average molecular weight is 247 g/mol. The molecule has 1 fully saturated rings. The van der Waals surface area contributed by atoms with Crippen LogP contribution in [0.25, 0.3) is 10.4 Å². The van der Waals surface area contributed by atoms with E-state index in [-0.39, 0.29) is 11.8 Å². The fourth-order valence-corrected chi connectivity index (χ4v) is 2.03. The molecule has 2 heterocycles. The first-order valence-electron chi connectivity index (χ1n) is 5.56. The van der Waals surface area contributed by atoms with Crippen LogP contribution in [0.15, 0.2) is 23.4 Å². The van der Waals surface area contributed by atoms with Crippen molar-refractivity contribution >= 4 is 11.6 Å². The van der Waals surface area contributed by atoms with Crippen LogP contribution in [-0.2, 0) is 4.79 Å². The number of nitrogens with zero attached hydrogens (tertiary/aromatic N) is 5. The minimum atomic E-state index is -0.000519. The van der Waals surface area contributed by atoms with E-state index < -0.39 is 0 Å². The molecule has 94 valence electrons. The van der Waals surface area contributed by atoms with Crippen LogP contribution >= 0.6 is 0 Å². The molecular weight excluding hydrogens is 234 g/mol. The van der Waals surface area contributed by atoms with E-state index >= 15 is 0 Å². The summed E-state index contributed by atoms with van der Waals surface area (Å²) >= 11 is 0. The van der Waals surface area contributed by atoms with Crippen molar-refractivity contribution in [2.45, 2.75) is 6.42 Å². The Morgan fingerprint density at radius 1 is 1.72 bits per heavy atom. The number of ether oxygens (including phenoxy) is 1. The number of azide groups is 1. The van der Waals surface area contributed by atoms with Gasteiger partial charge in [0, 0.05) is 30.6 Å². The van der Waals surface area contributed by atoms with Crippen LogP contribution in [0.5, 0.6) is 5.88 Å². The Labute approximate surface area is 104 Å². The third kappa shape index (κ3) is 2.36. The molecule has 1 aliphatic heterocycles. The number of anilines is 1. The summed E-state index contributed by atoms with van der Waals surface area (Å²) in [7, 11) is 1.52. The first-order chi connectivity index (χ1) is 8.76. The van der Waals surface area contributed by atoms with Crippen molar-refractivity contribution in [3.05, 3.63) is 28.8 Å². The predicted molar refractivity (Wildman–Crippen MR) is 65.3 cm³/mol. The first kappa shape index (κ1) is 12.2. The number of amides is 1. The molecule has 1 saturated heterocycles. The summed E-state index contributed by atoms with van der Waals surface area (Å²) in [5.74, 6) is 0.480. The second kappa shape index (κ2) is 5.37. The predicted octanol–water partition coefficient (Wildman–Crippen LogP) is 1.75. The SMILES string of the molecule is COc1ncccc1N1CC(CN=[N+]=[N-])CC1=O. The Morgan fingerprint density at radius 2 is 2.56 bits per heavy atom. The van der Waals surface area contributed by atoms with E-state index in [2.05, 4.69) is 15.0 Å². The van der Waals surface area contributed by atoms with Crippen LogP contribution in [0.2, 0.25) is 0 Å². The smallest absolute Gasteiger partial charge is 0.237 e. The van der Waals surface area contributed by atoms with Gasteiger partial charge in [0.25, 0.3) is 0 Å². The van der Waals surface area contributed by atoms with E-state index in [1.54, 1.807) is 23.2 Å². The van der Waals surface area contributed by atoms with Gasteiger partial charge in [-0.3, -0.25) is 4.79 Å². The van der Waals surface area contributed by atoms with Gasteiger partial charge in [-0.15, -0.1) is 0 Å². The third-order valence-electron chi connectivity index (χ3n) is 2.84. The minimum Gasteiger partial charge on any atom is -0.480 e. The van der Waals surface area contributed by atoms with Crippen molar-refractivity contribution in [2.75, 3.05) is 25.1 Å². The number of rotatable bonds is 4. The van der Waals surface area contributed by atoms with Crippen molar-refractivity contribution in [3.63, 3.8) is 0 Å². The highest BCUT2D eigenvalue weighted by Gasteiger charge is 2.31. The van der Waals surface area contributed by atoms with E-state index in [1.165, 1.54) is 7.11 Å². The van der Waals surface area contributed by atoms with Gasteiger partial charge in [-0.2, -0.15) is 0 Å². The van der Waals surface area contributed by atoms with Gasteiger partial charge in [0.1, 0.15) is 5.69 Å². The quantitative estimate of drug-likeness (QED) is 0.461. The molecule has 7 nitrogen and oxygen atoms in total. The van der Waals surface area contributed by atoms with Crippen molar-refractivity contribution in [1.82, 2.24) is 4.98 Å². The Kier molecular flexibility index (Phi) is 3.64. The number of pyridine rings is 1. The maximum atomic E-state index is 11.9. The average Bonchev–Trinajstić information content (AvgIpc) is 2.77. The van der Waals surface area contributed by atoms with Crippen molar-refractivity contribution in [1.29, 1.82) is 0 Å². The highest BCUT2D eigenvalue weighted by Crippen LogP contribution is 2.31. The van der Waals surface area contributed by atoms with Crippen LogP contribution in [0.3, 0.4) is 0 Å². The Bertz CT molecular complexity index is 498. The highest BCUT2D eigenvalue weighted by atomic mass is 16.5. The summed E-state index contributed by atoms with van der Waals surface area (Å²) in [4.78, 5) is 20.3. The largest absolute Gasteiger partial charge is 0.480 e. The van der Waals surface area contributed by atoms with Crippen LogP contribution < -0.4 is 9.64 Å². The molecule has 0 bridgehead atoms. The summed E-state index contributed by atoms with van der Waals surface area (Å²) in [5.41, 5.74) is 8.95. The van der Waals surface area contributed by atoms with Gasteiger partial charge in [0.15, 0.2) is 0 Å². The summed E-state index contributed by atoms with van der Waals surface area (Å²) in [6, 6.07) is 3.55. The number of hydrogen-bond donors (Lipinski definition) is 0. The monoisotopic (exact) mass is 247 g/mol. The summed E-state index contributed by atoms with van der Waals surface area (Å²) < 4.78 is 5.14. The van der Waals surface area contributed by atoms with E-state index in [1.807, 2.05) is 0 Å². The van der Waals surface area contributed by atoms with E-state index in [9.17, 15) is 4.79 Å². The number of hydrogen-bond acceptors (Lipinski definition) is 4. The lowest BCUT2D eigenvalue weighted by Crippen LogP contribution is -2.25. The van der Waals surface area contributed by atoms with E-state index in [0.717, 1.165) is 0 Å². The lowest BCUT2D eigenvalue weighted by Gasteiger charge is -2.18. The molecule has 1 amide bonds. The minimum absolute atomic E-state index is 0.000519. The Balaban J connectivity index is 2.18. The van der Waals surface area contributed by atoms with Crippen molar-refractivity contribution < 1.29 is 9.53 Å². The lowest BCUT2D eigenvalue weighted by atomic mass is 10.1. The fraction of sp³-hybridized carbons (Fsp3) is 0.455. The maximum Gasteiger partial charge on any atom is 0.237 e. The van der Waals surface area contributed by atoms with E-state index in [4.69, 9.17) is 10.3 Å². The van der Waals surface area contributed by atoms with Gasteiger partial charge in [-0.05, 0) is 23.6 Å². The molecule has 1 aromatic rings. The molecule has 0 spiro atoms. The summed E-state index contributed by atoms with van der Waals surface area (Å²) in [6.45, 7) is 0.862. The molecule has 1 aromatic heterocycles. The first-order valence-corrected chi connectivity index (χ1v) is 5.56. The maximum absolute atomic E-state index is 11.9. The number of carbonyl (C=O) groups excluding carboxylic acids is 1. The summed E-state index contributed by atoms with van der Waals surface area (Å²) in [5, 5.41) is 3.51. The molecule has 0 aliphatic carbocycles. The van der Waals surface area contributed by atoms with Crippen molar-refractivity contribution in [3.8, 4) is 5.88 Å². The van der Waals surface area contributed by atoms with Crippen LogP contribution in [-0.4, -0.2) is 31.1 Å². The topological polar surface area (TPSA) is 91.2 Å². The zero-order valence-corrected chi connectivity index (χ0v) is 9.98. The van der Waals surface area contributed by atoms with Gasteiger partial charge in [-0.25, -0.2) is 4.98 Å². The molecule has 18 heavy (non-hydrogen) atoms. The molecule has 0 aromatic carbocycles. The number of aromatic nitrogens is 1. The molecule has 1 atom stereocenters. The molecule has 2 rings (SSSR count). The normalized spacial score (nSPS) is 18.6. The van der Waals surface area contributed by atoms with Gasteiger partial charge in [0.2, 0.25) is 11.8 Å². The van der Waals surface area contributed by atoms with Crippen LogP contribution in [0.1, 0.15) is 6.42 Å². The van der Waals surface area contributed by atoms with Crippen LogP contribution in [0, 0.1) is 5.92 Å². The standard InChI is InChI=1S/C11H13N5O2/c1-18-11-9(3-2-4-13-11)16-7-8(5-10(16)17)6-14-15-12/h2-4,8H,5-7H2,1H3. The second-order valence-corrected chi connectivity index (χ2v) is 4.02. The Morgan fingerprint density at radius 3 is 3.28 bits per heavy atom. The molecule has 0 radical (unpaired) electrons. The molecule has 7 heteroatoms. The molecule has 0 N–H and O–H groups in total. The lowest BCUT2D eigenvalue weighted by molar-refractivity contribution is -0.117. The van der Waals surface area contributed by atoms with Crippen LogP contribution in [0.4, 0.5) is 5.69 Å². The number of methoxy groups -OCH3 is 1. The Hall–Kier alpha value is -2.27. The highest BCUT2D eigenvalue weighted by molar-refractivity contribution is 5.96. The molecular formula is C11H13N5O2. The van der Waals surface area contributed by atoms with Gasteiger partial charge < -0.3 is 9.64 Å². The summed E-state index contributed by atoms with van der Waals surface area (Å²) in [6.07, 6.45) is 2.00. The molecule has 1 unspecified atom stereocenters. The van der Waals surface area contributed by atoms with E-state index in [0.29, 0.717) is 31.1 Å². The molecule has 0 saturated carbocycles. The third-order valence-corrected chi connectivity index (χ3v) is 2.84. The second-order valence-electron chi connectivity index (χ2n) is 4.02. The zero-order chi connectivity index (χ0) is 13.0. The zero-order valence-electron chi connectivity index (χ0n) is 9.98. The number of carbonyl (C=O) groups is 1. The fourth-order valence-electron chi connectivity index (χ4n) is 2.03. The van der Waals surface area contributed by atoms with Crippen molar-refractivity contribution in [2.24, 2.45) is 11.0 Å². The van der Waals surface area contributed by atoms with Gasteiger partial charge in [0.05, 0.1) is 7.11 Å². The molecule has 1 aliphatic rings. The van der Waals surface area contributed by atoms with Gasteiger partial charge >= 0.3 is 0 Å². The van der Waals surface area contributed by atoms with Gasteiger partial charge in [-0.1, -0.05) is 5.11 Å².